The van der Waals surface area contributed by atoms with Gasteiger partial charge in [-0.25, -0.2) is 4.39 Å². The second kappa shape index (κ2) is 23.5. The topological polar surface area (TPSA) is 76.9 Å². The quantitative estimate of drug-likeness (QED) is 0.0792. The van der Waals surface area contributed by atoms with Gasteiger partial charge in [0.05, 0.1) is 12.5 Å². The van der Waals surface area contributed by atoms with Gasteiger partial charge in [0.2, 0.25) is 0 Å². The molecule has 0 amide bonds. The van der Waals surface area contributed by atoms with Gasteiger partial charge >= 0.3 is 0 Å². The van der Waals surface area contributed by atoms with Gasteiger partial charge in [-0.05, 0) is 271 Å². The Morgan fingerprint density at radius 2 is 0.787 bits per heavy atom. The number of halogens is 1. The van der Waals surface area contributed by atoms with E-state index >= 15 is 0 Å². The Morgan fingerprint density at radius 3 is 1.14 bits per heavy atom. The zero-order valence-corrected chi connectivity index (χ0v) is 47.9. The van der Waals surface area contributed by atoms with Crippen LogP contribution in [0.3, 0.4) is 0 Å². The second-order valence-electron chi connectivity index (χ2n) is 27.6. The highest BCUT2D eigenvalue weighted by molar-refractivity contribution is 5.32. The molecule has 12 aliphatic rings. The standard InChI is InChI=1S/C25H30FNO.C25H31NO.C22H27NO2/c1-17-8-23(26)5-4-22(17)16-28-24-6-2-18(3-7-24)15-27-25-12-19-9-20(13-25)11-21(10-19)14-25;1-18-3-2-4-20(9-18)17-27-24-7-5-19(6-8-24)16-26-25-13-21-10-22(14-25)12-23(11-21)15-25;1-3-21(25-15-17-5-6-24-14-17)4-2-16(1)13-23-22-10-18-7-19(11-22)9-20(8-18)12-22/h2-8,19-21,27H,9-16H2,1H3;2-9,21-23,26H,10-17H2,1H3;1-6,14,18-20,23H,7-13,15H2. The molecule has 1 aromatic heterocycles. The lowest BCUT2D eigenvalue weighted by Gasteiger charge is -2.57. The molecule has 8 heteroatoms. The average molecular weight is 1080 g/mol. The zero-order chi connectivity index (χ0) is 54.1. The van der Waals surface area contributed by atoms with E-state index in [0.717, 1.165) is 107 Å². The van der Waals surface area contributed by atoms with Crippen molar-refractivity contribution in [3.63, 3.8) is 0 Å². The molecular weight excluding hydrogens is 990 g/mol. The van der Waals surface area contributed by atoms with Gasteiger partial charge in [-0.1, -0.05) is 72.3 Å². The Kier molecular flexibility index (Phi) is 15.8. The Hall–Kier alpha value is -5.41. The summed E-state index contributed by atoms with van der Waals surface area (Å²) < 4.78 is 36.0. The third kappa shape index (κ3) is 13.1. The van der Waals surface area contributed by atoms with Gasteiger partial charge in [0, 0.05) is 41.8 Å². The molecule has 5 aromatic carbocycles. The fourth-order valence-corrected chi connectivity index (χ4v) is 18.5. The van der Waals surface area contributed by atoms with Crippen LogP contribution < -0.4 is 30.2 Å². The van der Waals surface area contributed by atoms with Gasteiger partial charge in [-0.15, -0.1) is 0 Å². The predicted octanol–water partition coefficient (Wildman–Crippen LogP) is 16.3. The summed E-state index contributed by atoms with van der Waals surface area (Å²) in [5.74, 6) is 11.5. The van der Waals surface area contributed by atoms with Gasteiger partial charge in [0.1, 0.15) is 42.9 Å². The van der Waals surface area contributed by atoms with Gasteiger partial charge < -0.3 is 34.6 Å². The molecule has 422 valence electrons. The number of ether oxygens (including phenoxy) is 3. The molecule has 3 N–H and O–H groups in total. The SMILES string of the molecule is Cc1cc(F)ccc1COc1ccc(CNC23CC4CC(CC(C4)C2)C3)cc1.Cc1cccc(COc2ccc(CNC34CC5CC(CC(C5)C3)C4)cc2)c1.c1cc(COc2ccc(CNC34CC5CC(CC(C5)C3)C4)cc2)co1. The zero-order valence-electron chi connectivity index (χ0n) is 47.9. The van der Waals surface area contributed by atoms with E-state index in [1.807, 2.05) is 13.0 Å². The summed E-state index contributed by atoms with van der Waals surface area (Å²) in [7, 11) is 0. The molecule has 0 radical (unpaired) electrons. The molecule has 1 heterocycles. The normalized spacial score (nSPS) is 31.5. The minimum absolute atomic E-state index is 0.197. The van der Waals surface area contributed by atoms with E-state index in [-0.39, 0.29) is 5.82 Å². The predicted molar refractivity (Wildman–Crippen MR) is 317 cm³/mol. The first kappa shape index (κ1) is 53.9. The maximum Gasteiger partial charge on any atom is 0.123 e. The molecule has 6 aromatic rings. The summed E-state index contributed by atoms with van der Waals surface area (Å²) in [5, 5.41) is 11.9. The highest BCUT2D eigenvalue weighted by atomic mass is 19.1. The Bertz CT molecular complexity index is 2880. The number of benzene rings is 5. The van der Waals surface area contributed by atoms with Crippen molar-refractivity contribution < 1.29 is 23.0 Å². The van der Waals surface area contributed by atoms with Crippen LogP contribution >= 0.6 is 0 Å². The molecule has 0 atom stereocenters. The smallest absolute Gasteiger partial charge is 0.123 e. The van der Waals surface area contributed by atoms with Gasteiger partial charge in [-0.3, -0.25) is 0 Å². The average Bonchev–Trinajstić information content (AvgIpc) is 4.02. The van der Waals surface area contributed by atoms with E-state index in [2.05, 4.69) is 120 Å². The van der Waals surface area contributed by atoms with Gasteiger partial charge in [0.15, 0.2) is 0 Å². The fraction of sp³-hybridized carbons (Fsp3) is 0.528. The maximum absolute atomic E-state index is 13.2. The molecule has 0 spiro atoms. The third-order valence-corrected chi connectivity index (χ3v) is 21.1. The van der Waals surface area contributed by atoms with E-state index < -0.39 is 0 Å². The number of nitrogens with one attached hydrogen (secondary N) is 3. The van der Waals surface area contributed by atoms with E-state index in [4.69, 9.17) is 18.6 Å². The van der Waals surface area contributed by atoms with Crippen molar-refractivity contribution in [1.82, 2.24) is 16.0 Å². The van der Waals surface area contributed by atoms with Crippen LogP contribution in [0.5, 0.6) is 17.2 Å². The van der Waals surface area contributed by atoms with Crippen molar-refractivity contribution in [1.29, 1.82) is 0 Å². The monoisotopic (exact) mass is 1080 g/mol. The lowest BCUT2D eigenvalue weighted by Crippen LogP contribution is -2.58. The van der Waals surface area contributed by atoms with Crippen LogP contribution in [0.15, 0.2) is 138 Å². The lowest BCUT2D eigenvalue weighted by atomic mass is 9.53. The highest BCUT2D eigenvalue weighted by Crippen LogP contribution is 2.58. The second-order valence-corrected chi connectivity index (χ2v) is 27.6. The van der Waals surface area contributed by atoms with E-state index in [0.29, 0.717) is 36.4 Å². The summed E-state index contributed by atoms with van der Waals surface area (Å²) in [6.07, 6.45) is 29.5. The molecule has 0 unspecified atom stereocenters. The number of hydrogen-bond donors (Lipinski definition) is 3. The lowest BCUT2D eigenvalue weighted by molar-refractivity contribution is -0.0207. The van der Waals surface area contributed by atoms with Crippen LogP contribution in [0, 0.1) is 72.9 Å². The Balaban J connectivity index is 0.000000114. The van der Waals surface area contributed by atoms with Crippen LogP contribution in [0.25, 0.3) is 0 Å². The maximum atomic E-state index is 13.2. The molecule has 0 saturated heterocycles. The molecular formula is C72H88FN3O4. The van der Waals surface area contributed by atoms with Crippen molar-refractivity contribution in [2.45, 2.75) is 185 Å². The van der Waals surface area contributed by atoms with Crippen molar-refractivity contribution in [2.75, 3.05) is 0 Å². The molecule has 12 bridgehead atoms. The largest absolute Gasteiger partial charge is 0.489 e. The molecule has 18 rings (SSSR count). The summed E-state index contributed by atoms with van der Waals surface area (Å²) in [4.78, 5) is 0. The molecule has 12 aliphatic carbocycles. The number of rotatable bonds is 18. The fourth-order valence-electron chi connectivity index (χ4n) is 18.5. The summed E-state index contributed by atoms with van der Waals surface area (Å²) in [6, 6.07) is 41.0. The van der Waals surface area contributed by atoms with Crippen LogP contribution in [0.2, 0.25) is 0 Å². The molecule has 80 heavy (non-hydrogen) atoms. The Labute approximate surface area is 476 Å². The van der Waals surface area contributed by atoms with E-state index in [1.54, 1.807) is 24.7 Å². The minimum Gasteiger partial charge on any atom is -0.489 e. The highest BCUT2D eigenvalue weighted by Gasteiger charge is 2.53. The first-order valence-corrected chi connectivity index (χ1v) is 31.2. The summed E-state index contributed by atoms with van der Waals surface area (Å²) >= 11 is 0. The van der Waals surface area contributed by atoms with Crippen LogP contribution in [-0.4, -0.2) is 16.6 Å². The van der Waals surface area contributed by atoms with Crippen molar-refractivity contribution in [3.8, 4) is 17.2 Å². The van der Waals surface area contributed by atoms with Gasteiger partial charge in [0.25, 0.3) is 0 Å². The van der Waals surface area contributed by atoms with Crippen LogP contribution in [0.4, 0.5) is 4.39 Å². The molecule has 12 fully saturated rings. The first-order chi connectivity index (χ1) is 39.0. The summed E-state index contributed by atoms with van der Waals surface area (Å²) in [6.45, 7) is 8.61. The number of hydrogen-bond acceptors (Lipinski definition) is 7. The summed E-state index contributed by atoms with van der Waals surface area (Å²) in [5.41, 5.74) is 10.8. The number of aryl methyl sites for hydroxylation is 2. The Morgan fingerprint density at radius 1 is 0.412 bits per heavy atom. The number of furan rings is 1. The van der Waals surface area contributed by atoms with Crippen LogP contribution in [0.1, 0.15) is 160 Å². The minimum atomic E-state index is -0.197. The molecule has 7 nitrogen and oxygen atoms in total. The van der Waals surface area contributed by atoms with E-state index in [9.17, 15) is 4.39 Å². The molecule has 12 saturated carbocycles. The first-order valence-electron chi connectivity index (χ1n) is 31.2. The van der Waals surface area contributed by atoms with Crippen molar-refractivity contribution in [3.05, 3.63) is 184 Å². The van der Waals surface area contributed by atoms with Gasteiger partial charge in [-0.2, -0.15) is 0 Å². The van der Waals surface area contributed by atoms with Crippen molar-refractivity contribution >= 4 is 0 Å². The molecule has 0 aliphatic heterocycles. The van der Waals surface area contributed by atoms with Crippen LogP contribution in [-0.2, 0) is 39.5 Å². The van der Waals surface area contributed by atoms with E-state index in [1.165, 1.54) is 149 Å². The van der Waals surface area contributed by atoms with Crippen molar-refractivity contribution in [2.24, 2.45) is 53.3 Å². The third-order valence-electron chi connectivity index (χ3n) is 21.1.